The quantitative estimate of drug-likeness (QED) is 0.424. The first-order valence-corrected chi connectivity index (χ1v) is 8.02. The van der Waals surface area contributed by atoms with Crippen molar-refractivity contribution in [3.05, 3.63) is 46.1 Å². The van der Waals surface area contributed by atoms with Crippen LogP contribution in [-0.2, 0) is 7.05 Å². The fraction of sp³-hybridized carbons (Fsp3) is 0.176. The van der Waals surface area contributed by atoms with Gasteiger partial charge >= 0.3 is 5.69 Å². The zero-order chi connectivity index (χ0) is 18.2. The summed E-state index contributed by atoms with van der Waals surface area (Å²) in [5, 5.41) is 13.4. The molecular weight excluding hydrogens is 334 g/mol. The van der Waals surface area contributed by atoms with Crippen molar-refractivity contribution in [3.8, 4) is 0 Å². The van der Waals surface area contributed by atoms with Crippen molar-refractivity contribution < 1.29 is 4.79 Å². The van der Waals surface area contributed by atoms with Crippen LogP contribution in [-0.4, -0.2) is 39.5 Å². The summed E-state index contributed by atoms with van der Waals surface area (Å²) in [4.78, 5) is 29.3. The van der Waals surface area contributed by atoms with Crippen LogP contribution in [0.1, 0.15) is 23.1 Å². The Bertz CT molecular complexity index is 1460. The van der Waals surface area contributed by atoms with Crippen molar-refractivity contribution >= 4 is 39.1 Å². The van der Waals surface area contributed by atoms with Crippen molar-refractivity contribution in [2.24, 2.45) is 7.05 Å². The maximum atomic E-state index is 12.9. The van der Waals surface area contributed by atoms with Gasteiger partial charge in [0.2, 0.25) is 0 Å². The lowest BCUT2D eigenvalue weighted by molar-refractivity contribution is 0.101. The highest BCUT2D eigenvalue weighted by Gasteiger charge is 2.22. The minimum Gasteiger partial charge on any atom is -0.293 e. The number of carbonyl (C=O) groups excluding carboxylic acids is 1. The predicted octanol–water partition coefficient (Wildman–Crippen LogP) is 1.29. The summed E-state index contributed by atoms with van der Waals surface area (Å²) < 4.78 is 4.56. The molecule has 5 aromatic rings. The molecule has 9 heteroatoms. The van der Waals surface area contributed by atoms with Gasteiger partial charge in [-0.1, -0.05) is 12.1 Å². The number of aryl methyl sites for hydroxylation is 2. The molecule has 5 rings (SSSR count). The van der Waals surface area contributed by atoms with Crippen molar-refractivity contribution in [1.29, 1.82) is 0 Å². The Morgan fingerprint density at radius 1 is 1.08 bits per heavy atom. The molecular formula is C17H13N7O2. The highest BCUT2D eigenvalue weighted by atomic mass is 16.1. The molecule has 0 saturated heterocycles. The van der Waals surface area contributed by atoms with E-state index in [0.717, 1.165) is 5.52 Å². The van der Waals surface area contributed by atoms with Crippen LogP contribution in [0.15, 0.2) is 29.1 Å². The number of ketones is 1. The van der Waals surface area contributed by atoms with E-state index >= 15 is 0 Å². The third-order valence-electron chi connectivity index (χ3n) is 4.66. The van der Waals surface area contributed by atoms with Gasteiger partial charge in [-0.25, -0.2) is 18.7 Å². The number of aromatic nitrogens is 7. The highest BCUT2D eigenvalue weighted by Crippen LogP contribution is 2.25. The molecule has 0 aliphatic carbocycles. The second-order valence-corrected chi connectivity index (χ2v) is 6.23. The van der Waals surface area contributed by atoms with Gasteiger partial charge in [0.1, 0.15) is 11.1 Å². The van der Waals surface area contributed by atoms with E-state index in [0.29, 0.717) is 33.5 Å². The standard InChI is InChI=1S/C17H13N7O2/c1-8-13(9(2)25)19-20-15-12-14-18-10-6-4-5-7-11(10)23(14)17(26)22(3)16(12)21-24(8)15/h4-7H,1-3H3. The molecule has 0 radical (unpaired) electrons. The van der Waals surface area contributed by atoms with Crippen molar-refractivity contribution in [2.45, 2.75) is 13.8 Å². The average molecular weight is 347 g/mol. The Morgan fingerprint density at radius 3 is 2.62 bits per heavy atom. The number of fused-ring (bicyclic) bond motifs is 7. The van der Waals surface area contributed by atoms with Crippen LogP contribution in [0.4, 0.5) is 0 Å². The number of Topliss-reactive ketones (excluding diaryl/α,β-unsaturated/α-hetero) is 1. The fourth-order valence-electron chi connectivity index (χ4n) is 3.38. The summed E-state index contributed by atoms with van der Waals surface area (Å²) >= 11 is 0. The van der Waals surface area contributed by atoms with Crippen LogP contribution in [0.2, 0.25) is 0 Å². The number of benzene rings is 1. The van der Waals surface area contributed by atoms with Gasteiger partial charge in [0.15, 0.2) is 22.7 Å². The van der Waals surface area contributed by atoms with E-state index < -0.39 is 0 Å². The monoisotopic (exact) mass is 347 g/mol. The van der Waals surface area contributed by atoms with Crippen LogP contribution in [0.25, 0.3) is 33.4 Å². The number of hydrogen-bond acceptors (Lipinski definition) is 6. The SMILES string of the molecule is CC(=O)c1nnc2c3c(nn2c1C)n(C)c(=O)n1c2ccccc2nc31. The minimum atomic E-state index is -0.248. The van der Waals surface area contributed by atoms with Gasteiger partial charge in [0.25, 0.3) is 0 Å². The lowest BCUT2D eigenvalue weighted by Crippen LogP contribution is -2.24. The summed E-state index contributed by atoms with van der Waals surface area (Å²) in [6, 6.07) is 7.43. The van der Waals surface area contributed by atoms with Crippen LogP contribution < -0.4 is 5.69 Å². The largest absolute Gasteiger partial charge is 0.335 e. The molecule has 26 heavy (non-hydrogen) atoms. The van der Waals surface area contributed by atoms with E-state index in [1.807, 2.05) is 24.3 Å². The smallest absolute Gasteiger partial charge is 0.293 e. The van der Waals surface area contributed by atoms with E-state index in [1.165, 1.54) is 11.5 Å². The maximum absolute atomic E-state index is 12.9. The fourth-order valence-corrected chi connectivity index (χ4v) is 3.38. The van der Waals surface area contributed by atoms with Gasteiger partial charge in [-0.3, -0.25) is 9.36 Å². The first-order chi connectivity index (χ1) is 12.5. The number of nitrogens with zero attached hydrogens (tertiary/aromatic N) is 7. The highest BCUT2D eigenvalue weighted by molar-refractivity contribution is 6.03. The molecule has 0 bridgehead atoms. The summed E-state index contributed by atoms with van der Waals surface area (Å²) in [5.41, 5.74) is 3.37. The zero-order valence-electron chi connectivity index (χ0n) is 14.3. The zero-order valence-corrected chi connectivity index (χ0v) is 14.3. The Hall–Kier alpha value is -3.62. The number of para-hydroxylation sites is 2. The summed E-state index contributed by atoms with van der Waals surface area (Å²) in [6.07, 6.45) is 0. The third-order valence-corrected chi connectivity index (χ3v) is 4.66. The van der Waals surface area contributed by atoms with Gasteiger partial charge in [-0.05, 0) is 19.1 Å². The lowest BCUT2D eigenvalue weighted by atomic mass is 10.2. The molecule has 0 amide bonds. The topological polar surface area (TPSA) is 99.5 Å². The predicted molar refractivity (Wildman–Crippen MR) is 94.5 cm³/mol. The van der Waals surface area contributed by atoms with Gasteiger partial charge in [0, 0.05) is 14.0 Å². The van der Waals surface area contributed by atoms with Gasteiger partial charge in [0.05, 0.1) is 16.7 Å². The first kappa shape index (κ1) is 14.7. The second-order valence-electron chi connectivity index (χ2n) is 6.23. The summed E-state index contributed by atoms with van der Waals surface area (Å²) in [5.74, 6) is -0.193. The third kappa shape index (κ3) is 1.64. The molecule has 0 N–H and O–H groups in total. The Kier molecular flexibility index (Phi) is 2.67. The van der Waals surface area contributed by atoms with Crippen molar-refractivity contribution in [1.82, 2.24) is 33.8 Å². The molecule has 4 heterocycles. The van der Waals surface area contributed by atoms with Crippen molar-refractivity contribution in [3.63, 3.8) is 0 Å². The normalized spacial score (nSPS) is 12.0. The minimum absolute atomic E-state index is 0.193. The van der Waals surface area contributed by atoms with Crippen LogP contribution >= 0.6 is 0 Å². The van der Waals surface area contributed by atoms with E-state index in [2.05, 4.69) is 20.3 Å². The van der Waals surface area contributed by atoms with Crippen molar-refractivity contribution in [2.75, 3.05) is 0 Å². The Morgan fingerprint density at radius 2 is 1.85 bits per heavy atom. The molecule has 0 unspecified atom stereocenters. The molecule has 0 spiro atoms. The molecule has 0 aliphatic heterocycles. The number of imidazole rings is 1. The maximum Gasteiger partial charge on any atom is 0.335 e. The van der Waals surface area contributed by atoms with Crippen LogP contribution in [0.5, 0.6) is 0 Å². The molecule has 0 saturated carbocycles. The summed E-state index contributed by atoms with van der Waals surface area (Å²) in [7, 11) is 1.65. The molecule has 1 aromatic carbocycles. The molecule has 0 aliphatic rings. The molecule has 128 valence electrons. The van der Waals surface area contributed by atoms with E-state index in [-0.39, 0.29) is 17.2 Å². The summed E-state index contributed by atoms with van der Waals surface area (Å²) in [6.45, 7) is 3.18. The van der Waals surface area contributed by atoms with Crippen LogP contribution in [0, 0.1) is 6.92 Å². The molecule has 0 fully saturated rings. The molecule has 0 atom stereocenters. The number of rotatable bonds is 1. The van der Waals surface area contributed by atoms with E-state index in [4.69, 9.17) is 0 Å². The van der Waals surface area contributed by atoms with E-state index in [1.54, 1.807) is 22.9 Å². The Balaban J connectivity index is 2.11. The van der Waals surface area contributed by atoms with Gasteiger partial charge in [-0.15, -0.1) is 15.3 Å². The Labute approximate surface area is 145 Å². The van der Waals surface area contributed by atoms with Crippen LogP contribution in [0.3, 0.4) is 0 Å². The van der Waals surface area contributed by atoms with Gasteiger partial charge < -0.3 is 0 Å². The van der Waals surface area contributed by atoms with E-state index in [9.17, 15) is 9.59 Å². The lowest BCUT2D eigenvalue weighted by Gasteiger charge is -2.02. The molecule has 9 nitrogen and oxygen atoms in total. The number of hydrogen-bond donors (Lipinski definition) is 0. The number of carbonyl (C=O) groups is 1. The molecule has 4 aromatic heterocycles. The average Bonchev–Trinajstić information content (AvgIpc) is 3.18. The first-order valence-electron chi connectivity index (χ1n) is 8.02. The second kappa shape index (κ2) is 4.72. The van der Waals surface area contributed by atoms with Gasteiger partial charge in [-0.2, -0.15) is 0 Å².